The summed E-state index contributed by atoms with van der Waals surface area (Å²) in [4.78, 5) is 0. The maximum atomic E-state index is 9.00. The molecule has 0 N–H and O–H groups in total. The van der Waals surface area contributed by atoms with Gasteiger partial charge in [0.05, 0.1) is 6.20 Å². The average Bonchev–Trinajstić information content (AvgIpc) is 2.27. The molecule has 1 aromatic heterocycles. The van der Waals surface area contributed by atoms with Gasteiger partial charge in [-0.15, -0.1) is 5.10 Å². The fourth-order valence-electron chi connectivity index (χ4n) is 3.00. The van der Waals surface area contributed by atoms with Crippen LogP contribution >= 0.6 is 0 Å². The summed E-state index contributed by atoms with van der Waals surface area (Å²) in [6.45, 7) is 6.78. The largest absolute Gasteiger partial charge is 0.472 e. The van der Waals surface area contributed by atoms with E-state index in [9.17, 15) is 0 Å². The summed E-state index contributed by atoms with van der Waals surface area (Å²) in [6.07, 6.45) is 4.88. The number of hydrogen-bond acceptors (Lipinski definition) is 4. The van der Waals surface area contributed by atoms with E-state index in [4.69, 9.17) is 10.00 Å². The van der Waals surface area contributed by atoms with Crippen molar-refractivity contribution in [3.05, 3.63) is 17.8 Å². The third-order valence-corrected chi connectivity index (χ3v) is 3.43. The molecule has 1 saturated carbocycles. The van der Waals surface area contributed by atoms with Crippen LogP contribution in [-0.4, -0.2) is 16.3 Å². The van der Waals surface area contributed by atoms with Gasteiger partial charge in [-0.25, -0.2) is 0 Å². The number of rotatable bonds is 2. The van der Waals surface area contributed by atoms with E-state index in [2.05, 4.69) is 37.0 Å². The first-order valence-corrected chi connectivity index (χ1v) is 6.38. The van der Waals surface area contributed by atoms with Crippen LogP contribution in [0.5, 0.6) is 5.88 Å². The zero-order valence-corrected chi connectivity index (χ0v) is 11.2. The van der Waals surface area contributed by atoms with Gasteiger partial charge in [0, 0.05) is 0 Å². The highest BCUT2D eigenvalue weighted by molar-refractivity contribution is 5.35. The summed E-state index contributed by atoms with van der Waals surface area (Å²) in [5.41, 5.74) is 0.748. The molecule has 2 atom stereocenters. The maximum absolute atomic E-state index is 9.00. The minimum atomic E-state index is 0.132. The van der Waals surface area contributed by atoms with Crippen molar-refractivity contribution in [1.29, 1.82) is 5.26 Å². The zero-order chi connectivity index (χ0) is 13.2. The summed E-state index contributed by atoms with van der Waals surface area (Å²) >= 11 is 0. The van der Waals surface area contributed by atoms with Crippen molar-refractivity contribution in [3.63, 3.8) is 0 Å². The van der Waals surface area contributed by atoms with Crippen LogP contribution in [0.25, 0.3) is 0 Å². The van der Waals surface area contributed by atoms with E-state index >= 15 is 0 Å². The van der Waals surface area contributed by atoms with Crippen molar-refractivity contribution >= 4 is 0 Å². The molecular formula is C14H19N3O. The number of ether oxygens (including phenoxy) is 1. The summed E-state index contributed by atoms with van der Waals surface area (Å²) < 4.78 is 5.89. The molecule has 18 heavy (non-hydrogen) atoms. The van der Waals surface area contributed by atoms with Crippen molar-refractivity contribution in [3.8, 4) is 11.9 Å². The highest BCUT2D eigenvalue weighted by Crippen LogP contribution is 2.39. The normalized spacial score (nSPS) is 26.3. The monoisotopic (exact) mass is 245 g/mol. The van der Waals surface area contributed by atoms with Crippen LogP contribution in [0.2, 0.25) is 0 Å². The minimum absolute atomic E-state index is 0.132. The van der Waals surface area contributed by atoms with E-state index in [1.165, 1.54) is 12.6 Å². The summed E-state index contributed by atoms with van der Waals surface area (Å²) in [5.74, 6) is 1.01. The molecule has 1 aliphatic rings. The van der Waals surface area contributed by atoms with Crippen LogP contribution in [0.3, 0.4) is 0 Å². The second-order valence-electron chi connectivity index (χ2n) is 6.02. The van der Waals surface area contributed by atoms with Crippen LogP contribution in [0.15, 0.2) is 12.3 Å². The Morgan fingerprint density at radius 3 is 2.89 bits per heavy atom. The molecule has 1 heterocycles. The van der Waals surface area contributed by atoms with Gasteiger partial charge in [0.15, 0.2) is 0 Å². The summed E-state index contributed by atoms with van der Waals surface area (Å²) in [6, 6.07) is 3.73. The Balaban J connectivity index is 2.12. The van der Waals surface area contributed by atoms with Crippen LogP contribution < -0.4 is 4.74 Å². The van der Waals surface area contributed by atoms with Crippen LogP contribution in [0.4, 0.5) is 0 Å². The van der Waals surface area contributed by atoms with Crippen molar-refractivity contribution in [2.45, 2.75) is 46.1 Å². The molecule has 4 heteroatoms. The fraction of sp³-hybridized carbons (Fsp3) is 0.643. The molecule has 0 radical (unpaired) electrons. The number of nitrogens with zero attached hydrogens (tertiary/aromatic N) is 3. The van der Waals surface area contributed by atoms with Crippen LogP contribution in [-0.2, 0) is 0 Å². The van der Waals surface area contributed by atoms with Crippen molar-refractivity contribution in [2.75, 3.05) is 0 Å². The molecule has 96 valence electrons. The van der Waals surface area contributed by atoms with Gasteiger partial charge in [0.25, 0.3) is 5.88 Å². The molecule has 1 fully saturated rings. The third kappa shape index (κ3) is 2.98. The molecule has 2 rings (SSSR count). The molecular weight excluding hydrogens is 226 g/mol. The Morgan fingerprint density at radius 1 is 1.44 bits per heavy atom. The molecule has 0 bridgehead atoms. The molecule has 0 amide bonds. The van der Waals surface area contributed by atoms with Gasteiger partial charge >= 0.3 is 0 Å². The minimum Gasteiger partial charge on any atom is -0.472 e. The second-order valence-corrected chi connectivity index (χ2v) is 6.02. The van der Waals surface area contributed by atoms with E-state index < -0.39 is 0 Å². The van der Waals surface area contributed by atoms with Crippen molar-refractivity contribution < 1.29 is 4.74 Å². The van der Waals surface area contributed by atoms with Gasteiger partial charge in [-0.1, -0.05) is 20.8 Å². The van der Waals surface area contributed by atoms with E-state index in [1.54, 1.807) is 6.07 Å². The van der Waals surface area contributed by atoms with Crippen LogP contribution in [0.1, 0.15) is 45.6 Å². The van der Waals surface area contributed by atoms with Crippen molar-refractivity contribution in [1.82, 2.24) is 10.2 Å². The fourth-order valence-corrected chi connectivity index (χ4v) is 3.00. The number of aromatic nitrogens is 2. The van der Waals surface area contributed by atoms with Gasteiger partial charge in [-0.05, 0) is 36.7 Å². The van der Waals surface area contributed by atoms with E-state index in [1.807, 2.05) is 0 Å². The Labute approximate surface area is 108 Å². The smallest absolute Gasteiger partial charge is 0.251 e. The predicted octanol–water partition coefficient (Wildman–Crippen LogP) is 2.94. The lowest BCUT2D eigenvalue weighted by molar-refractivity contribution is 0.0524. The third-order valence-electron chi connectivity index (χ3n) is 3.43. The van der Waals surface area contributed by atoms with E-state index in [0.29, 0.717) is 17.4 Å². The molecule has 4 nitrogen and oxygen atoms in total. The van der Waals surface area contributed by atoms with Gasteiger partial charge in [-0.3, -0.25) is 0 Å². The molecule has 2 unspecified atom stereocenters. The number of nitriles is 1. The van der Waals surface area contributed by atoms with Gasteiger partial charge < -0.3 is 4.74 Å². The SMILES string of the molecule is CC1CC(Oc2nnccc2C#N)CC(C)(C)C1. The Bertz CT molecular complexity index is 464. The van der Waals surface area contributed by atoms with Gasteiger partial charge in [0.2, 0.25) is 0 Å². The second kappa shape index (κ2) is 4.93. The quantitative estimate of drug-likeness (QED) is 0.803. The van der Waals surface area contributed by atoms with Crippen molar-refractivity contribution in [2.24, 2.45) is 11.3 Å². The highest BCUT2D eigenvalue weighted by atomic mass is 16.5. The lowest BCUT2D eigenvalue weighted by Crippen LogP contribution is -2.34. The first-order valence-electron chi connectivity index (χ1n) is 6.38. The molecule has 0 spiro atoms. The van der Waals surface area contributed by atoms with Gasteiger partial charge in [-0.2, -0.15) is 10.4 Å². The van der Waals surface area contributed by atoms with Gasteiger partial charge in [0.1, 0.15) is 17.7 Å². The first-order chi connectivity index (χ1) is 8.50. The van der Waals surface area contributed by atoms with E-state index in [0.717, 1.165) is 12.8 Å². The standard InChI is InChI=1S/C14H19N3O/c1-10-6-12(8-14(2,3)7-10)18-13-11(9-15)4-5-16-17-13/h4-5,10,12H,6-8H2,1-3H3. The zero-order valence-electron chi connectivity index (χ0n) is 11.2. The molecule has 1 aromatic rings. The van der Waals surface area contributed by atoms with Crippen LogP contribution in [0, 0.1) is 22.7 Å². The summed E-state index contributed by atoms with van der Waals surface area (Å²) in [5, 5.41) is 16.7. The molecule has 0 aliphatic heterocycles. The number of hydrogen-bond donors (Lipinski definition) is 0. The molecule has 0 aromatic carbocycles. The maximum Gasteiger partial charge on any atom is 0.251 e. The lowest BCUT2D eigenvalue weighted by atomic mass is 9.71. The summed E-state index contributed by atoms with van der Waals surface area (Å²) in [7, 11) is 0. The first kappa shape index (κ1) is 12.8. The average molecular weight is 245 g/mol. The molecule has 0 saturated heterocycles. The highest BCUT2D eigenvalue weighted by Gasteiger charge is 2.33. The Hall–Kier alpha value is -1.63. The Kier molecular flexibility index (Phi) is 3.51. The Morgan fingerprint density at radius 2 is 2.22 bits per heavy atom. The molecule has 1 aliphatic carbocycles. The predicted molar refractivity (Wildman–Crippen MR) is 68.0 cm³/mol. The lowest BCUT2D eigenvalue weighted by Gasteiger charge is -2.38. The topological polar surface area (TPSA) is 58.8 Å². The van der Waals surface area contributed by atoms with E-state index in [-0.39, 0.29) is 11.5 Å².